The summed E-state index contributed by atoms with van der Waals surface area (Å²) in [7, 11) is 0. The van der Waals surface area contributed by atoms with Crippen molar-refractivity contribution in [3.8, 4) is 11.3 Å². The third-order valence-electron chi connectivity index (χ3n) is 3.40. The van der Waals surface area contributed by atoms with Crippen LogP contribution in [0.1, 0.15) is 24.3 Å². The van der Waals surface area contributed by atoms with Crippen LogP contribution >= 0.6 is 22.9 Å². The maximum Gasteiger partial charge on any atom is 0.148 e. The number of hydrogen-bond donors (Lipinski definition) is 2. The molecule has 0 atom stereocenters. The second-order valence-corrected chi connectivity index (χ2v) is 7.16. The fourth-order valence-corrected chi connectivity index (χ4v) is 3.41. The highest BCUT2D eigenvalue weighted by molar-refractivity contribution is 7.11. The van der Waals surface area contributed by atoms with Crippen molar-refractivity contribution in [2.24, 2.45) is 5.92 Å². The molecule has 1 saturated carbocycles. The minimum atomic E-state index is 0.554. The number of aromatic nitrogens is 2. The topological polar surface area (TPSA) is 73.1 Å². The number of thiazole rings is 1. The van der Waals surface area contributed by atoms with Crippen molar-refractivity contribution in [1.29, 1.82) is 0 Å². The van der Waals surface area contributed by atoms with Crippen LogP contribution in [0, 0.1) is 12.8 Å². The van der Waals surface area contributed by atoms with Crippen LogP contribution in [0.15, 0.2) is 5.38 Å². The van der Waals surface area contributed by atoms with E-state index in [1.165, 1.54) is 24.4 Å². The van der Waals surface area contributed by atoms with Crippen molar-refractivity contribution < 1.29 is 4.74 Å². The van der Waals surface area contributed by atoms with Gasteiger partial charge in [0.05, 0.1) is 16.3 Å². The smallest absolute Gasteiger partial charge is 0.148 e. The molecular weight excluding hydrogens is 304 g/mol. The van der Waals surface area contributed by atoms with Gasteiger partial charge in [-0.2, -0.15) is 4.37 Å². The Kier molecular flexibility index (Phi) is 4.72. The summed E-state index contributed by atoms with van der Waals surface area (Å²) in [6.45, 7) is 4.59. The fraction of sp³-hybridized carbons (Fsp3) is 0.571. The van der Waals surface area contributed by atoms with Crippen LogP contribution in [0.25, 0.3) is 11.3 Å². The van der Waals surface area contributed by atoms with E-state index >= 15 is 0 Å². The Morgan fingerprint density at radius 1 is 1.48 bits per heavy atom. The molecule has 7 heteroatoms. The van der Waals surface area contributed by atoms with Gasteiger partial charge in [-0.15, -0.1) is 11.3 Å². The summed E-state index contributed by atoms with van der Waals surface area (Å²) in [6, 6.07) is 0. The second-order valence-electron chi connectivity index (χ2n) is 5.32. The normalized spacial score (nSPS) is 14.5. The van der Waals surface area contributed by atoms with Crippen LogP contribution in [0.3, 0.4) is 0 Å². The van der Waals surface area contributed by atoms with Crippen LogP contribution < -0.4 is 11.1 Å². The van der Waals surface area contributed by atoms with Crippen molar-refractivity contribution in [3.63, 3.8) is 0 Å². The van der Waals surface area contributed by atoms with Crippen molar-refractivity contribution in [1.82, 2.24) is 9.36 Å². The molecule has 114 valence electrons. The largest absolute Gasteiger partial charge is 0.382 e. The van der Waals surface area contributed by atoms with Gasteiger partial charge < -0.3 is 15.8 Å². The molecule has 21 heavy (non-hydrogen) atoms. The van der Waals surface area contributed by atoms with E-state index in [1.54, 1.807) is 11.3 Å². The van der Waals surface area contributed by atoms with Gasteiger partial charge in [-0.1, -0.05) is 0 Å². The second kappa shape index (κ2) is 6.72. The summed E-state index contributed by atoms with van der Waals surface area (Å²) in [6.07, 6.45) is 3.67. The molecule has 3 N–H and O–H groups in total. The average Bonchev–Trinajstić information content (AvgIpc) is 3.09. The van der Waals surface area contributed by atoms with Gasteiger partial charge in [0, 0.05) is 25.1 Å². The van der Waals surface area contributed by atoms with Crippen molar-refractivity contribution >= 4 is 33.7 Å². The van der Waals surface area contributed by atoms with E-state index in [0.29, 0.717) is 5.82 Å². The zero-order chi connectivity index (χ0) is 14.7. The molecule has 0 radical (unpaired) electrons. The Morgan fingerprint density at radius 2 is 2.33 bits per heavy atom. The van der Waals surface area contributed by atoms with Crippen molar-refractivity contribution in [2.45, 2.75) is 26.2 Å². The molecule has 0 aliphatic heterocycles. The van der Waals surface area contributed by atoms with E-state index < -0.39 is 0 Å². The third kappa shape index (κ3) is 3.93. The average molecular weight is 324 g/mol. The molecule has 3 rings (SSSR count). The first-order valence-electron chi connectivity index (χ1n) is 7.23. The fourth-order valence-electron chi connectivity index (χ4n) is 2.06. The minimum Gasteiger partial charge on any atom is -0.382 e. The summed E-state index contributed by atoms with van der Waals surface area (Å²) in [5.74, 6) is 1.39. The Balaban J connectivity index is 1.50. The van der Waals surface area contributed by atoms with Crippen LogP contribution in [0.5, 0.6) is 0 Å². The Labute approximate surface area is 132 Å². The van der Waals surface area contributed by atoms with Gasteiger partial charge in [0.15, 0.2) is 0 Å². The summed E-state index contributed by atoms with van der Waals surface area (Å²) in [5, 5.41) is 7.47. The molecule has 1 aliphatic carbocycles. The van der Waals surface area contributed by atoms with Gasteiger partial charge in [-0.3, -0.25) is 0 Å². The molecule has 0 unspecified atom stereocenters. The number of hydrogen-bond acceptors (Lipinski definition) is 7. The van der Waals surface area contributed by atoms with E-state index in [9.17, 15) is 0 Å². The predicted molar refractivity (Wildman–Crippen MR) is 89.0 cm³/mol. The highest BCUT2D eigenvalue weighted by atomic mass is 32.1. The van der Waals surface area contributed by atoms with E-state index in [-0.39, 0.29) is 0 Å². The first-order valence-corrected chi connectivity index (χ1v) is 8.88. The monoisotopic (exact) mass is 324 g/mol. The maximum absolute atomic E-state index is 5.97. The summed E-state index contributed by atoms with van der Waals surface area (Å²) in [5.41, 5.74) is 7.82. The molecule has 0 amide bonds. The van der Waals surface area contributed by atoms with Crippen LogP contribution in [0.2, 0.25) is 0 Å². The van der Waals surface area contributed by atoms with Crippen molar-refractivity contribution in [3.05, 3.63) is 10.4 Å². The molecule has 1 fully saturated rings. The number of anilines is 2. The molecule has 0 aromatic carbocycles. The van der Waals surface area contributed by atoms with E-state index in [1.807, 2.05) is 12.3 Å². The maximum atomic E-state index is 5.97. The predicted octanol–water partition coefficient (Wildman–Crippen LogP) is 3.39. The molecular formula is C14H20N4OS2. The lowest BCUT2D eigenvalue weighted by Gasteiger charge is -2.06. The zero-order valence-corrected chi connectivity index (χ0v) is 13.7. The van der Waals surface area contributed by atoms with E-state index in [4.69, 9.17) is 10.5 Å². The van der Waals surface area contributed by atoms with E-state index in [0.717, 1.165) is 53.4 Å². The number of nitrogens with two attached hydrogens (primary N) is 1. The number of rotatable bonds is 8. The number of aryl methyl sites for hydroxylation is 1. The minimum absolute atomic E-state index is 0.554. The first kappa shape index (κ1) is 14.7. The molecule has 2 heterocycles. The highest BCUT2D eigenvalue weighted by Gasteiger charge is 2.21. The molecule has 0 saturated heterocycles. The van der Waals surface area contributed by atoms with Crippen molar-refractivity contribution in [2.75, 3.05) is 30.8 Å². The van der Waals surface area contributed by atoms with Gasteiger partial charge in [0.2, 0.25) is 0 Å². The lowest BCUT2D eigenvalue weighted by Crippen LogP contribution is -2.06. The number of nitrogens with zero attached hydrogens (tertiary/aromatic N) is 2. The van der Waals surface area contributed by atoms with Gasteiger partial charge in [0.1, 0.15) is 10.8 Å². The molecule has 2 aromatic heterocycles. The van der Waals surface area contributed by atoms with Crippen LogP contribution in [-0.4, -0.2) is 29.1 Å². The quantitative estimate of drug-likeness (QED) is 0.728. The van der Waals surface area contributed by atoms with Crippen LogP contribution in [0.4, 0.5) is 10.8 Å². The lowest BCUT2D eigenvalue weighted by molar-refractivity contribution is 0.124. The van der Waals surface area contributed by atoms with Gasteiger partial charge in [0.25, 0.3) is 0 Å². The number of nitrogens with one attached hydrogen (secondary N) is 1. The number of ether oxygens (including phenoxy) is 1. The van der Waals surface area contributed by atoms with Gasteiger partial charge in [-0.05, 0) is 43.6 Å². The Hall–Kier alpha value is -1.18. The summed E-state index contributed by atoms with van der Waals surface area (Å²) >= 11 is 3.02. The first-order chi connectivity index (χ1) is 10.2. The highest BCUT2D eigenvalue weighted by Crippen LogP contribution is 2.37. The number of nitrogen functional groups attached to an aromatic ring is 1. The third-order valence-corrected chi connectivity index (χ3v) is 4.99. The standard InChI is InChI=1S/C14H20N4OS2/c1-9-17-11(8-20-9)12-13(15)18-21-14(12)16-5-2-6-19-7-10-3-4-10/h8,10,16H,2-7H2,1H3,(H2,15,18). The molecule has 0 spiro atoms. The molecule has 5 nitrogen and oxygen atoms in total. The zero-order valence-electron chi connectivity index (χ0n) is 12.1. The van der Waals surface area contributed by atoms with Gasteiger partial charge >= 0.3 is 0 Å². The van der Waals surface area contributed by atoms with Gasteiger partial charge in [-0.25, -0.2) is 4.98 Å². The molecule has 0 bridgehead atoms. The molecule has 2 aromatic rings. The lowest BCUT2D eigenvalue weighted by atomic mass is 10.2. The Morgan fingerprint density at radius 3 is 3.05 bits per heavy atom. The van der Waals surface area contributed by atoms with E-state index in [2.05, 4.69) is 14.7 Å². The SMILES string of the molecule is Cc1nc(-c2c(N)nsc2NCCCOCC2CC2)cs1. The molecule has 1 aliphatic rings. The summed E-state index contributed by atoms with van der Waals surface area (Å²) in [4.78, 5) is 4.50. The summed E-state index contributed by atoms with van der Waals surface area (Å²) < 4.78 is 9.87. The van der Waals surface area contributed by atoms with Crippen LogP contribution in [-0.2, 0) is 4.74 Å². The Bertz CT molecular complexity index is 592.